The highest BCUT2D eigenvalue weighted by molar-refractivity contribution is 6.01. The van der Waals surface area contributed by atoms with Crippen LogP contribution in [0.4, 0.5) is 4.79 Å². The zero-order valence-corrected chi connectivity index (χ0v) is 12.7. The van der Waals surface area contributed by atoms with Crippen molar-refractivity contribution in [1.82, 2.24) is 5.06 Å². The monoisotopic (exact) mass is 324 g/mol. The third-order valence-corrected chi connectivity index (χ3v) is 2.84. The summed E-state index contributed by atoms with van der Waals surface area (Å²) < 4.78 is 4.86. The van der Waals surface area contributed by atoms with Crippen LogP contribution in [0.5, 0.6) is 0 Å². The van der Waals surface area contributed by atoms with Gasteiger partial charge in [-0.15, -0.1) is 0 Å². The summed E-state index contributed by atoms with van der Waals surface area (Å²) in [5.74, 6) is -1.32. The van der Waals surface area contributed by atoms with Gasteiger partial charge in [-0.3, -0.25) is 24.5 Å². The van der Waals surface area contributed by atoms with Crippen molar-refractivity contribution in [3.8, 4) is 0 Å². The number of allylic oxidation sites excluding steroid dienone is 2. The SMILES string of the molecule is C=C(C)/C=C(\C(=C)[N+](=O)[O-])C(C)OC(=O)ON1C(=O)CCC1=O. The number of rotatable bonds is 6. The lowest BCUT2D eigenvalue weighted by atomic mass is 10.1. The number of imide groups is 1. The summed E-state index contributed by atoms with van der Waals surface area (Å²) in [4.78, 5) is 48.9. The lowest BCUT2D eigenvalue weighted by Crippen LogP contribution is -2.33. The molecule has 0 saturated carbocycles. The van der Waals surface area contributed by atoms with Crippen molar-refractivity contribution in [1.29, 1.82) is 0 Å². The number of carbonyl (C=O) groups is 3. The van der Waals surface area contributed by atoms with Gasteiger partial charge in [0.15, 0.2) is 0 Å². The molecule has 0 N–H and O–H groups in total. The number of nitrogens with zero attached hydrogens (tertiary/aromatic N) is 2. The van der Waals surface area contributed by atoms with E-state index < -0.39 is 34.7 Å². The molecule has 1 unspecified atom stereocenters. The van der Waals surface area contributed by atoms with Crippen LogP contribution in [-0.4, -0.2) is 34.1 Å². The van der Waals surface area contributed by atoms with E-state index in [0.717, 1.165) is 0 Å². The maximum absolute atomic E-state index is 11.6. The third kappa shape index (κ3) is 4.77. The zero-order chi connectivity index (χ0) is 17.7. The minimum Gasteiger partial charge on any atom is -0.425 e. The number of hydrogen-bond donors (Lipinski definition) is 0. The predicted molar refractivity (Wildman–Crippen MR) is 77.1 cm³/mol. The molecule has 0 aromatic heterocycles. The van der Waals surface area contributed by atoms with Crippen molar-refractivity contribution in [2.45, 2.75) is 32.8 Å². The molecule has 2 amide bonds. The highest BCUT2D eigenvalue weighted by Crippen LogP contribution is 2.20. The third-order valence-electron chi connectivity index (χ3n) is 2.84. The molecule has 1 saturated heterocycles. The van der Waals surface area contributed by atoms with Crippen LogP contribution in [-0.2, 0) is 19.2 Å². The Morgan fingerprint density at radius 2 is 1.87 bits per heavy atom. The number of nitro groups is 1. The average molecular weight is 324 g/mol. The first-order valence-electron chi connectivity index (χ1n) is 6.58. The van der Waals surface area contributed by atoms with Crippen molar-refractivity contribution in [3.63, 3.8) is 0 Å². The molecule has 9 nitrogen and oxygen atoms in total. The van der Waals surface area contributed by atoms with Crippen LogP contribution in [0, 0.1) is 10.1 Å². The largest absolute Gasteiger partial charge is 0.534 e. The highest BCUT2D eigenvalue weighted by atomic mass is 16.8. The van der Waals surface area contributed by atoms with E-state index >= 15 is 0 Å². The molecule has 23 heavy (non-hydrogen) atoms. The standard InChI is InChI=1S/C14H16N2O7/c1-8(2)7-11(9(3)16(20)21)10(4)22-14(19)23-15-12(17)5-6-13(15)18/h7,10H,1,3,5-6H2,2,4H3/b11-7+. The predicted octanol–water partition coefficient (Wildman–Crippen LogP) is 1.89. The first-order valence-corrected chi connectivity index (χ1v) is 6.58. The van der Waals surface area contributed by atoms with Crippen molar-refractivity contribution in [2.75, 3.05) is 0 Å². The summed E-state index contributed by atoms with van der Waals surface area (Å²) in [6, 6.07) is 0. The number of amides is 2. The molecule has 0 bridgehead atoms. The van der Waals surface area contributed by atoms with Gasteiger partial charge in [0.2, 0.25) is 0 Å². The molecule has 1 rings (SSSR count). The molecule has 124 valence electrons. The van der Waals surface area contributed by atoms with E-state index in [0.29, 0.717) is 10.6 Å². The normalized spacial score (nSPS) is 16.1. The zero-order valence-electron chi connectivity index (χ0n) is 12.7. The lowest BCUT2D eigenvalue weighted by Gasteiger charge is -2.17. The Hall–Kier alpha value is -2.97. The fraction of sp³-hybridized carbons (Fsp3) is 0.357. The summed E-state index contributed by atoms with van der Waals surface area (Å²) in [7, 11) is 0. The van der Waals surface area contributed by atoms with Gasteiger partial charge in [0, 0.05) is 12.8 Å². The molecule has 0 spiro atoms. The van der Waals surface area contributed by atoms with Gasteiger partial charge in [-0.25, -0.2) is 4.79 Å². The van der Waals surface area contributed by atoms with Gasteiger partial charge in [-0.05, 0) is 26.5 Å². The first kappa shape index (κ1) is 18.1. The van der Waals surface area contributed by atoms with Crippen molar-refractivity contribution < 1.29 is 28.9 Å². The minimum atomic E-state index is -1.33. The number of carbonyl (C=O) groups excluding carboxylic acids is 3. The van der Waals surface area contributed by atoms with Crippen LogP contribution in [0.3, 0.4) is 0 Å². The van der Waals surface area contributed by atoms with Crippen LogP contribution in [0.25, 0.3) is 0 Å². The van der Waals surface area contributed by atoms with Gasteiger partial charge in [0.25, 0.3) is 17.5 Å². The second kappa shape index (κ2) is 7.34. The van der Waals surface area contributed by atoms with E-state index in [-0.39, 0.29) is 18.4 Å². The fourth-order valence-electron chi connectivity index (χ4n) is 1.77. The average Bonchev–Trinajstić information content (AvgIpc) is 2.75. The molecule has 1 atom stereocenters. The van der Waals surface area contributed by atoms with Gasteiger partial charge in [-0.2, -0.15) is 0 Å². The second-order valence-electron chi connectivity index (χ2n) is 4.83. The van der Waals surface area contributed by atoms with Crippen LogP contribution >= 0.6 is 0 Å². The van der Waals surface area contributed by atoms with Crippen LogP contribution in [0.2, 0.25) is 0 Å². The summed E-state index contributed by atoms with van der Waals surface area (Å²) in [6.45, 7) is 9.85. The lowest BCUT2D eigenvalue weighted by molar-refractivity contribution is -0.421. The van der Waals surface area contributed by atoms with Gasteiger partial charge in [0.05, 0.1) is 10.5 Å². The Labute approximate surface area is 131 Å². The number of ether oxygens (including phenoxy) is 1. The van der Waals surface area contributed by atoms with Gasteiger partial charge in [0.1, 0.15) is 6.10 Å². The topological polar surface area (TPSA) is 116 Å². The van der Waals surface area contributed by atoms with E-state index in [1.807, 2.05) is 0 Å². The second-order valence-corrected chi connectivity index (χ2v) is 4.83. The first-order chi connectivity index (χ1) is 10.6. The maximum atomic E-state index is 11.6. The van der Waals surface area contributed by atoms with Crippen molar-refractivity contribution >= 4 is 18.0 Å². The van der Waals surface area contributed by atoms with Crippen LogP contribution in [0.15, 0.2) is 36.1 Å². The number of hydrogen-bond acceptors (Lipinski definition) is 7. The van der Waals surface area contributed by atoms with Crippen LogP contribution < -0.4 is 0 Å². The van der Waals surface area contributed by atoms with Gasteiger partial charge in [-0.1, -0.05) is 17.2 Å². The fourth-order valence-corrected chi connectivity index (χ4v) is 1.77. The summed E-state index contributed by atoms with van der Waals surface area (Å²) in [5.41, 5.74) is 0.0249. The Morgan fingerprint density at radius 3 is 2.30 bits per heavy atom. The quantitative estimate of drug-likeness (QED) is 0.241. The molecule has 0 aliphatic carbocycles. The summed E-state index contributed by atoms with van der Waals surface area (Å²) >= 11 is 0. The molecule has 0 aromatic carbocycles. The van der Waals surface area contributed by atoms with Gasteiger partial charge < -0.3 is 4.74 Å². The van der Waals surface area contributed by atoms with E-state index in [4.69, 9.17) is 4.74 Å². The summed E-state index contributed by atoms with van der Waals surface area (Å²) in [5, 5.41) is 11.2. The maximum Gasteiger partial charge on any atom is 0.534 e. The molecule has 9 heteroatoms. The Morgan fingerprint density at radius 1 is 1.35 bits per heavy atom. The minimum absolute atomic E-state index is 0.0125. The van der Waals surface area contributed by atoms with Crippen molar-refractivity contribution in [3.05, 3.63) is 46.2 Å². The van der Waals surface area contributed by atoms with E-state index in [2.05, 4.69) is 18.0 Å². The molecular formula is C14H16N2O7. The molecule has 1 aliphatic heterocycles. The summed E-state index contributed by atoms with van der Waals surface area (Å²) in [6.07, 6.45) is -1.19. The van der Waals surface area contributed by atoms with Gasteiger partial charge >= 0.3 is 6.16 Å². The Kier molecular flexibility index (Phi) is 5.77. The number of hydroxylamine groups is 2. The van der Waals surface area contributed by atoms with E-state index in [9.17, 15) is 24.5 Å². The molecule has 1 heterocycles. The van der Waals surface area contributed by atoms with E-state index in [1.54, 1.807) is 6.92 Å². The molecular weight excluding hydrogens is 308 g/mol. The Balaban J connectivity index is 2.80. The van der Waals surface area contributed by atoms with E-state index in [1.165, 1.54) is 13.0 Å². The Bertz CT molecular complexity index is 605. The molecule has 1 aliphatic rings. The van der Waals surface area contributed by atoms with Crippen molar-refractivity contribution in [2.24, 2.45) is 0 Å². The molecule has 0 radical (unpaired) electrons. The molecule has 0 aromatic rings. The van der Waals surface area contributed by atoms with Crippen LogP contribution in [0.1, 0.15) is 26.7 Å². The smallest absolute Gasteiger partial charge is 0.425 e. The highest BCUT2D eigenvalue weighted by Gasteiger charge is 2.34. The molecule has 1 fully saturated rings.